The van der Waals surface area contributed by atoms with Crippen LogP contribution in [0.2, 0.25) is 0 Å². The third-order valence-corrected chi connectivity index (χ3v) is 1.74. The number of hydrogen-bond donors (Lipinski definition) is 6. The highest BCUT2D eigenvalue weighted by Crippen LogP contribution is 2.02. The summed E-state index contributed by atoms with van der Waals surface area (Å²) >= 11 is 0. The van der Waals surface area contributed by atoms with Crippen LogP contribution in [0.5, 0.6) is 0 Å². The van der Waals surface area contributed by atoms with Crippen LogP contribution in [-0.2, 0) is 9.59 Å². The Morgan fingerprint density at radius 1 is 1.19 bits per heavy atom. The largest absolute Gasteiger partial charge is 0.370 e. The van der Waals surface area contributed by atoms with E-state index in [9.17, 15) is 9.59 Å². The fourth-order valence-corrected chi connectivity index (χ4v) is 0.906. The number of carbonyl (C=O) groups is 2. The number of aliphatic hydroxyl groups excluding tert-OH is 1. The van der Waals surface area contributed by atoms with E-state index in [-0.39, 0.29) is 12.8 Å². The first-order chi connectivity index (χ1) is 7.23. The van der Waals surface area contributed by atoms with Crippen molar-refractivity contribution in [1.82, 2.24) is 5.32 Å². The Kier molecular flexibility index (Phi) is 5.89. The van der Waals surface area contributed by atoms with Crippen molar-refractivity contribution in [2.24, 2.45) is 5.73 Å². The molecule has 0 aliphatic heterocycles. The fraction of sp³-hybridized carbons (Fsp3) is 0.750. The van der Waals surface area contributed by atoms with Gasteiger partial charge < -0.3 is 31.5 Å². The molecule has 94 valence electrons. The molecule has 1 atom stereocenters. The molecule has 0 saturated heterocycles. The lowest BCUT2D eigenvalue weighted by Gasteiger charge is -2.21. The van der Waals surface area contributed by atoms with Crippen molar-refractivity contribution in [1.29, 1.82) is 0 Å². The van der Waals surface area contributed by atoms with Crippen LogP contribution in [0.4, 0.5) is 0 Å². The van der Waals surface area contributed by atoms with E-state index in [2.05, 4.69) is 0 Å². The summed E-state index contributed by atoms with van der Waals surface area (Å²) in [5.41, 5.74) is 4.87. The number of nitrogens with two attached hydrogens (primary N) is 1. The van der Waals surface area contributed by atoms with Crippen molar-refractivity contribution < 1.29 is 30.0 Å². The molecule has 1 unspecified atom stereocenters. The molecule has 7 N–H and O–H groups in total. The molecule has 0 saturated carbocycles. The normalized spacial score (nSPS) is 13.2. The van der Waals surface area contributed by atoms with Crippen molar-refractivity contribution in [3.8, 4) is 0 Å². The van der Waals surface area contributed by atoms with Crippen LogP contribution in [0.25, 0.3) is 0 Å². The van der Waals surface area contributed by atoms with Gasteiger partial charge in [0, 0.05) is 12.8 Å². The van der Waals surface area contributed by atoms with Gasteiger partial charge in [0.05, 0.1) is 0 Å². The van der Waals surface area contributed by atoms with Crippen LogP contribution in [-0.4, -0.2) is 44.4 Å². The molecule has 0 aliphatic carbocycles. The second-order valence-corrected chi connectivity index (χ2v) is 3.33. The van der Waals surface area contributed by atoms with Crippen LogP contribution >= 0.6 is 0 Å². The Hall–Kier alpha value is -1.22. The van der Waals surface area contributed by atoms with Crippen molar-refractivity contribution >= 4 is 11.8 Å². The highest BCUT2D eigenvalue weighted by molar-refractivity contribution is 5.76. The van der Waals surface area contributed by atoms with Gasteiger partial charge in [-0.15, -0.1) is 0 Å². The van der Waals surface area contributed by atoms with Crippen molar-refractivity contribution in [3.05, 3.63) is 0 Å². The third kappa shape index (κ3) is 7.12. The Morgan fingerprint density at radius 2 is 1.69 bits per heavy atom. The first-order valence-electron chi connectivity index (χ1n) is 4.66. The maximum atomic E-state index is 11.0. The number of hydrogen-bond acceptors (Lipinski definition) is 6. The molecule has 0 rings (SSSR count). The number of aliphatic hydroxyl groups is 4. The van der Waals surface area contributed by atoms with Crippen molar-refractivity contribution in [2.75, 3.05) is 0 Å². The van der Waals surface area contributed by atoms with Crippen LogP contribution in [0.3, 0.4) is 0 Å². The molecule has 0 radical (unpaired) electrons. The Labute approximate surface area is 91.7 Å². The predicted octanol–water partition coefficient (Wildman–Crippen LogP) is -2.90. The van der Waals surface area contributed by atoms with E-state index < -0.39 is 24.0 Å². The smallest absolute Gasteiger partial charge is 0.323 e. The second kappa shape index (κ2) is 6.38. The summed E-state index contributed by atoms with van der Waals surface area (Å²) in [5.74, 6) is -4.53. The maximum Gasteiger partial charge on any atom is 0.323 e. The van der Waals surface area contributed by atoms with Gasteiger partial charge in [0.15, 0.2) is 0 Å². The minimum atomic E-state index is -3.37. The van der Waals surface area contributed by atoms with E-state index in [4.69, 9.17) is 26.2 Å². The Balaban J connectivity index is 3.71. The molecule has 0 aliphatic rings. The van der Waals surface area contributed by atoms with Crippen LogP contribution in [0.1, 0.15) is 25.7 Å². The molecule has 0 aromatic carbocycles. The molecule has 0 spiro atoms. The van der Waals surface area contributed by atoms with Crippen LogP contribution in [0, 0.1) is 0 Å². The molecule has 2 amide bonds. The fourth-order valence-electron chi connectivity index (χ4n) is 0.906. The molecule has 16 heavy (non-hydrogen) atoms. The number of unbranched alkanes of at least 4 members (excludes halogenated alkanes) is 1. The lowest BCUT2D eigenvalue weighted by atomic mass is 10.2. The van der Waals surface area contributed by atoms with Gasteiger partial charge in [0.25, 0.3) is 0 Å². The van der Waals surface area contributed by atoms with E-state index in [0.717, 1.165) is 0 Å². The van der Waals surface area contributed by atoms with Gasteiger partial charge in [-0.25, -0.2) is 0 Å². The van der Waals surface area contributed by atoms with Gasteiger partial charge in [0.2, 0.25) is 18.0 Å². The molecule has 8 heteroatoms. The summed E-state index contributed by atoms with van der Waals surface area (Å²) in [5, 5.41) is 36.0. The summed E-state index contributed by atoms with van der Waals surface area (Å²) in [7, 11) is 0. The average Bonchev–Trinajstić information content (AvgIpc) is 2.10. The molecular weight excluding hydrogens is 220 g/mol. The van der Waals surface area contributed by atoms with Crippen molar-refractivity contribution in [3.63, 3.8) is 0 Å². The van der Waals surface area contributed by atoms with Crippen LogP contribution < -0.4 is 11.1 Å². The highest BCUT2D eigenvalue weighted by Gasteiger charge is 2.31. The lowest BCUT2D eigenvalue weighted by molar-refractivity contribution is -0.358. The zero-order chi connectivity index (χ0) is 12.8. The summed E-state index contributed by atoms with van der Waals surface area (Å²) in [6.07, 6.45) is -1.28. The minimum Gasteiger partial charge on any atom is -0.370 e. The number of rotatable bonds is 7. The SMILES string of the molecule is NC(=O)CCCCC(=O)NC(O)C(O)(O)O. The second-order valence-electron chi connectivity index (χ2n) is 3.33. The van der Waals surface area contributed by atoms with Gasteiger partial charge in [0.1, 0.15) is 0 Å². The molecule has 0 heterocycles. The van der Waals surface area contributed by atoms with E-state index >= 15 is 0 Å². The zero-order valence-corrected chi connectivity index (χ0v) is 8.59. The van der Waals surface area contributed by atoms with E-state index in [1.165, 1.54) is 0 Å². The zero-order valence-electron chi connectivity index (χ0n) is 8.59. The monoisotopic (exact) mass is 236 g/mol. The van der Waals surface area contributed by atoms with E-state index in [0.29, 0.717) is 12.8 Å². The summed E-state index contributed by atoms with van der Waals surface area (Å²) in [4.78, 5) is 21.4. The highest BCUT2D eigenvalue weighted by atomic mass is 16.7. The molecular formula is C8H16N2O6. The number of primary amides is 1. The predicted molar refractivity (Wildman–Crippen MR) is 51.2 cm³/mol. The van der Waals surface area contributed by atoms with E-state index in [1.54, 1.807) is 5.32 Å². The topological polar surface area (TPSA) is 153 Å². The number of carbonyl (C=O) groups excluding carboxylic acids is 2. The standard InChI is InChI=1S/C8H16N2O6/c9-5(11)3-1-2-4-6(12)10-7(13)8(14,15)16/h7,13-16H,1-4H2,(H2,9,11)(H,10,12). The Bertz CT molecular complexity index is 249. The molecule has 0 aromatic rings. The lowest BCUT2D eigenvalue weighted by Crippen LogP contribution is -2.52. The summed E-state index contributed by atoms with van der Waals surface area (Å²) < 4.78 is 0. The molecule has 0 bridgehead atoms. The van der Waals surface area contributed by atoms with Crippen LogP contribution in [0.15, 0.2) is 0 Å². The quantitative estimate of drug-likeness (QED) is 0.206. The van der Waals surface area contributed by atoms with Gasteiger partial charge in [-0.2, -0.15) is 0 Å². The molecule has 8 nitrogen and oxygen atoms in total. The average molecular weight is 236 g/mol. The minimum absolute atomic E-state index is 0.0274. The molecule has 0 fully saturated rings. The number of amides is 2. The van der Waals surface area contributed by atoms with Gasteiger partial charge >= 0.3 is 5.97 Å². The van der Waals surface area contributed by atoms with E-state index in [1.807, 2.05) is 0 Å². The first-order valence-corrected chi connectivity index (χ1v) is 4.66. The van der Waals surface area contributed by atoms with Crippen molar-refractivity contribution in [2.45, 2.75) is 37.9 Å². The van der Waals surface area contributed by atoms with Gasteiger partial charge in [-0.1, -0.05) is 0 Å². The van der Waals surface area contributed by atoms with Gasteiger partial charge in [-0.3, -0.25) is 9.59 Å². The maximum absolute atomic E-state index is 11.0. The first kappa shape index (κ1) is 14.8. The Morgan fingerprint density at radius 3 is 2.12 bits per heavy atom. The summed E-state index contributed by atoms with van der Waals surface area (Å²) in [6, 6.07) is 0. The van der Waals surface area contributed by atoms with Gasteiger partial charge in [-0.05, 0) is 12.8 Å². The summed E-state index contributed by atoms with van der Waals surface area (Å²) in [6.45, 7) is 0. The number of nitrogens with one attached hydrogen (secondary N) is 1. The third-order valence-electron chi connectivity index (χ3n) is 1.74. The molecule has 0 aromatic heterocycles.